The molecule has 0 aliphatic rings. The van der Waals surface area contributed by atoms with Gasteiger partial charge in [0.15, 0.2) is 0 Å². The van der Waals surface area contributed by atoms with Gasteiger partial charge in [-0.25, -0.2) is 4.98 Å². The molecule has 124 valence electrons. The van der Waals surface area contributed by atoms with Crippen molar-refractivity contribution in [2.75, 3.05) is 6.54 Å². The van der Waals surface area contributed by atoms with Crippen molar-refractivity contribution >= 4 is 17.2 Å². The van der Waals surface area contributed by atoms with Gasteiger partial charge >= 0.3 is 0 Å². The van der Waals surface area contributed by atoms with E-state index in [1.807, 2.05) is 19.2 Å². The fourth-order valence-corrected chi connectivity index (χ4v) is 2.48. The minimum absolute atomic E-state index is 0.146. The zero-order valence-corrected chi connectivity index (χ0v) is 14.2. The number of hydrogen-bond donors (Lipinski definition) is 2. The number of aliphatic hydroxyl groups is 1. The first kappa shape index (κ1) is 17.4. The van der Waals surface area contributed by atoms with Crippen LogP contribution < -0.4 is 10.1 Å². The highest BCUT2D eigenvalue weighted by molar-refractivity contribution is 7.07. The van der Waals surface area contributed by atoms with E-state index in [0.717, 1.165) is 5.69 Å². The number of nitrogens with zero attached hydrogens (tertiary/aromatic N) is 1. The van der Waals surface area contributed by atoms with E-state index in [9.17, 15) is 9.90 Å². The molecule has 0 saturated carbocycles. The fourth-order valence-electron chi connectivity index (χ4n) is 1.94. The monoisotopic (exact) mass is 334 g/mol. The van der Waals surface area contributed by atoms with E-state index >= 15 is 0 Å². The molecule has 1 unspecified atom stereocenters. The normalized spacial score (nSPS) is 12.2. The average molecular weight is 334 g/mol. The van der Waals surface area contributed by atoms with Crippen LogP contribution in [0.15, 0.2) is 35.2 Å². The second kappa shape index (κ2) is 8.64. The molecule has 23 heavy (non-hydrogen) atoms. The Morgan fingerprint density at radius 1 is 1.35 bits per heavy atom. The van der Waals surface area contributed by atoms with Crippen molar-refractivity contribution in [3.8, 4) is 5.75 Å². The molecule has 2 rings (SSSR count). The maximum absolute atomic E-state index is 12.0. The summed E-state index contributed by atoms with van der Waals surface area (Å²) in [5.74, 6) is 0.748. The minimum Gasteiger partial charge on any atom is -0.487 e. The number of carbonyl (C=O) groups excluding carboxylic acids is 1. The highest BCUT2D eigenvalue weighted by Crippen LogP contribution is 2.14. The minimum atomic E-state index is -0.392. The topological polar surface area (TPSA) is 71.5 Å². The predicted octanol–water partition coefficient (Wildman–Crippen LogP) is 2.86. The molecule has 6 heteroatoms. The van der Waals surface area contributed by atoms with Crippen LogP contribution in [0.3, 0.4) is 0 Å². The number of nitrogens with one attached hydrogen (secondary N) is 1. The lowest BCUT2D eigenvalue weighted by molar-refractivity contribution is 0.0920. The number of amides is 1. The van der Waals surface area contributed by atoms with Gasteiger partial charge in [-0.1, -0.05) is 13.8 Å². The standard InChI is InChI=1S/C17H22N2O3S/c1-12(2)16(20)7-8-18-17(21)13-3-5-15(6-4-13)22-9-14-10-23-11-19-14/h3-6,10-12,16,20H,7-9H2,1-2H3,(H,18,21). The molecule has 0 saturated heterocycles. The number of ether oxygens (including phenoxy) is 1. The molecule has 1 aromatic heterocycles. The van der Waals surface area contributed by atoms with Crippen molar-refractivity contribution in [3.05, 3.63) is 46.4 Å². The van der Waals surface area contributed by atoms with Gasteiger partial charge in [0.2, 0.25) is 0 Å². The van der Waals surface area contributed by atoms with Crippen molar-refractivity contribution < 1.29 is 14.6 Å². The quantitative estimate of drug-likeness (QED) is 0.779. The van der Waals surface area contributed by atoms with Crippen LogP contribution in [0.25, 0.3) is 0 Å². The molecule has 1 aromatic carbocycles. The number of aliphatic hydroxyl groups excluding tert-OH is 1. The van der Waals surface area contributed by atoms with Crippen molar-refractivity contribution in [1.82, 2.24) is 10.3 Å². The van der Waals surface area contributed by atoms with Gasteiger partial charge < -0.3 is 15.2 Å². The zero-order valence-electron chi connectivity index (χ0n) is 13.4. The Morgan fingerprint density at radius 3 is 2.70 bits per heavy atom. The smallest absolute Gasteiger partial charge is 0.251 e. The van der Waals surface area contributed by atoms with Gasteiger partial charge in [-0.3, -0.25) is 4.79 Å². The summed E-state index contributed by atoms with van der Waals surface area (Å²) in [6.45, 7) is 4.79. The van der Waals surface area contributed by atoms with Crippen LogP contribution in [0.1, 0.15) is 36.3 Å². The molecule has 2 aromatic rings. The zero-order chi connectivity index (χ0) is 16.7. The van der Waals surface area contributed by atoms with E-state index in [0.29, 0.717) is 30.9 Å². The molecule has 0 bridgehead atoms. The van der Waals surface area contributed by atoms with Crippen molar-refractivity contribution in [2.24, 2.45) is 5.92 Å². The summed E-state index contributed by atoms with van der Waals surface area (Å²) in [5, 5.41) is 14.5. The molecule has 0 radical (unpaired) electrons. The van der Waals surface area contributed by atoms with E-state index in [1.165, 1.54) is 11.3 Å². The van der Waals surface area contributed by atoms with E-state index < -0.39 is 6.10 Å². The average Bonchev–Trinajstić information content (AvgIpc) is 3.06. The summed E-state index contributed by atoms with van der Waals surface area (Å²) < 4.78 is 5.60. The lowest BCUT2D eigenvalue weighted by Crippen LogP contribution is -2.28. The van der Waals surface area contributed by atoms with Crippen molar-refractivity contribution in [2.45, 2.75) is 33.0 Å². The highest BCUT2D eigenvalue weighted by Gasteiger charge is 2.10. The number of aromatic nitrogens is 1. The Balaban J connectivity index is 1.78. The van der Waals surface area contributed by atoms with E-state index in [-0.39, 0.29) is 11.8 Å². The van der Waals surface area contributed by atoms with Gasteiger partial charge in [-0.2, -0.15) is 0 Å². The van der Waals surface area contributed by atoms with Gasteiger partial charge in [0.05, 0.1) is 17.3 Å². The Labute approximate surface area is 140 Å². The second-order valence-electron chi connectivity index (χ2n) is 5.65. The van der Waals surface area contributed by atoms with Gasteiger partial charge in [-0.15, -0.1) is 11.3 Å². The molecule has 1 heterocycles. The van der Waals surface area contributed by atoms with E-state index in [1.54, 1.807) is 29.8 Å². The SMILES string of the molecule is CC(C)C(O)CCNC(=O)c1ccc(OCc2cscn2)cc1. The summed E-state index contributed by atoms with van der Waals surface area (Å²) in [4.78, 5) is 16.2. The predicted molar refractivity (Wildman–Crippen MR) is 90.7 cm³/mol. The second-order valence-corrected chi connectivity index (χ2v) is 6.37. The van der Waals surface area contributed by atoms with Crippen molar-refractivity contribution in [1.29, 1.82) is 0 Å². The van der Waals surface area contributed by atoms with Crippen LogP contribution >= 0.6 is 11.3 Å². The van der Waals surface area contributed by atoms with Crippen LogP contribution in [0.5, 0.6) is 5.75 Å². The van der Waals surface area contributed by atoms with E-state index in [2.05, 4.69) is 10.3 Å². The van der Waals surface area contributed by atoms with Gasteiger partial charge in [0, 0.05) is 17.5 Å². The maximum Gasteiger partial charge on any atom is 0.251 e. The number of hydrogen-bond acceptors (Lipinski definition) is 5. The Morgan fingerprint density at radius 2 is 2.09 bits per heavy atom. The molecular formula is C17H22N2O3S. The van der Waals surface area contributed by atoms with Crippen LogP contribution in [0.2, 0.25) is 0 Å². The molecule has 0 aliphatic heterocycles. The third-order valence-corrected chi connectivity index (χ3v) is 4.12. The summed E-state index contributed by atoms with van der Waals surface area (Å²) in [7, 11) is 0. The first-order chi connectivity index (χ1) is 11.1. The molecule has 2 N–H and O–H groups in total. The fraction of sp³-hybridized carbons (Fsp3) is 0.412. The first-order valence-electron chi connectivity index (χ1n) is 7.62. The van der Waals surface area contributed by atoms with Gasteiger partial charge in [-0.05, 0) is 36.6 Å². The number of rotatable bonds is 8. The number of thiazole rings is 1. The number of carbonyl (C=O) groups is 1. The van der Waals surface area contributed by atoms with E-state index in [4.69, 9.17) is 4.74 Å². The Hall–Kier alpha value is -1.92. The molecule has 5 nitrogen and oxygen atoms in total. The first-order valence-corrected chi connectivity index (χ1v) is 8.56. The highest BCUT2D eigenvalue weighted by atomic mass is 32.1. The third-order valence-electron chi connectivity index (χ3n) is 3.48. The van der Waals surface area contributed by atoms with Crippen LogP contribution in [-0.4, -0.2) is 28.6 Å². The van der Waals surface area contributed by atoms with Crippen LogP contribution in [-0.2, 0) is 6.61 Å². The lowest BCUT2D eigenvalue weighted by atomic mass is 10.0. The molecule has 0 spiro atoms. The third kappa shape index (κ3) is 5.65. The molecule has 0 fully saturated rings. The largest absolute Gasteiger partial charge is 0.487 e. The van der Waals surface area contributed by atoms with Crippen LogP contribution in [0.4, 0.5) is 0 Å². The summed E-state index contributed by atoms with van der Waals surface area (Å²) in [6.07, 6.45) is 0.162. The lowest BCUT2D eigenvalue weighted by Gasteiger charge is -2.14. The molecule has 1 amide bonds. The summed E-state index contributed by atoms with van der Waals surface area (Å²) in [6, 6.07) is 6.99. The Kier molecular flexibility index (Phi) is 6.55. The van der Waals surface area contributed by atoms with Crippen LogP contribution in [0, 0.1) is 5.92 Å². The molecular weight excluding hydrogens is 312 g/mol. The molecule has 1 atom stereocenters. The summed E-state index contributed by atoms with van der Waals surface area (Å²) in [5.41, 5.74) is 3.23. The number of benzene rings is 1. The van der Waals surface area contributed by atoms with Gasteiger partial charge in [0.1, 0.15) is 12.4 Å². The Bertz CT molecular complexity index is 597. The summed E-state index contributed by atoms with van der Waals surface area (Å²) >= 11 is 1.53. The molecule has 0 aliphatic carbocycles. The van der Waals surface area contributed by atoms with Gasteiger partial charge in [0.25, 0.3) is 5.91 Å². The van der Waals surface area contributed by atoms with Crippen molar-refractivity contribution in [3.63, 3.8) is 0 Å². The maximum atomic E-state index is 12.0.